The van der Waals surface area contributed by atoms with Gasteiger partial charge in [-0.25, -0.2) is 14.8 Å². The van der Waals surface area contributed by atoms with Crippen LogP contribution in [0.4, 0.5) is 22.9 Å². The molecule has 1 aromatic heterocycles. The van der Waals surface area contributed by atoms with Gasteiger partial charge in [-0.3, -0.25) is 9.59 Å². The summed E-state index contributed by atoms with van der Waals surface area (Å²) in [6.07, 6.45) is 1.56. The Morgan fingerprint density at radius 3 is 2.26 bits per heavy atom. The molecule has 0 spiro atoms. The minimum atomic E-state index is -1.12. The summed E-state index contributed by atoms with van der Waals surface area (Å²) in [6, 6.07) is 9.68. The zero-order valence-corrected chi connectivity index (χ0v) is 21.6. The van der Waals surface area contributed by atoms with E-state index in [1.165, 1.54) is 6.33 Å². The fourth-order valence-corrected chi connectivity index (χ4v) is 4.31. The summed E-state index contributed by atoms with van der Waals surface area (Å²) < 4.78 is 10.7. The number of nitrogens with one attached hydrogen (secondary N) is 2. The van der Waals surface area contributed by atoms with E-state index in [-0.39, 0.29) is 17.8 Å². The van der Waals surface area contributed by atoms with Gasteiger partial charge in [0.2, 0.25) is 0 Å². The minimum absolute atomic E-state index is 0.0621. The molecule has 3 aromatic carbocycles. The first kappa shape index (κ1) is 26.4. The normalized spacial score (nSPS) is 11.8. The Labute approximate surface area is 218 Å². The minimum Gasteiger partial charge on any atom is -0.493 e. The van der Waals surface area contributed by atoms with Crippen molar-refractivity contribution in [3.63, 3.8) is 0 Å². The van der Waals surface area contributed by atoms with E-state index in [9.17, 15) is 19.5 Å². The molecule has 0 aliphatic carbocycles. The number of carboxylic acid groups (broad SMARTS) is 1. The monoisotopic (exact) mass is 519 g/mol. The summed E-state index contributed by atoms with van der Waals surface area (Å²) in [5, 5.41) is 16.6. The SMILES string of the molecule is CCN(CC)c1c(N[C@@H](Cc2ccc(Nc3ncnc4cc(OC)c(OC)cc34)cc2)C(=O)O)c(=O)c1=O. The number of benzene rings is 2. The molecular weight excluding hydrogens is 490 g/mol. The van der Waals surface area contributed by atoms with Crippen molar-refractivity contribution in [1.29, 1.82) is 0 Å². The number of anilines is 4. The van der Waals surface area contributed by atoms with Crippen LogP contribution in [0.3, 0.4) is 0 Å². The third kappa shape index (κ3) is 5.08. The van der Waals surface area contributed by atoms with Gasteiger partial charge in [-0.15, -0.1) is 0 Å². The molecule has 0 saturated carbocycles. The first-order valence-corrected chi connectivity index (χ1v) is 12.1. The molecule has 0 fully saturated rings. The van der Waals surface area contributed by atoms with Crippen LogP contribution in [-0.2, 0) is 11.2 Å². The van der Waals surface area contributed by atoms with Crippen LogP contribution >= 0.6 is 0 Å². The Morgan fingerprint density at radius 1 is 1.00 bits per heavy atom. The number of nitrogens with zero attached hydrogens (tertiary/aromatic N) is 3. The summed E-state index contributed by atoms with van der Waals surface area (Å²) in [4.78, 5) is 46.7. The lowest BCUT2D eigenvalue weighted by Gasteiger charge is -2.26. The highest BCUT2D eigenvalue weighted by Crippen LogP contribution is 2.34. The Morgan fingerprint density at radius 2 is 1.66 bits per heavy atom. The quantitative estimate of drug-likeness (QED) is 0.238. The summed E-state index contributed by atoms with van der Waals surface area (Å²) in [5.41, 5.74) is 1.17. The Bertz CT molecular complexity index is 1520. The molecule has 0 aliphatic heterocycles. The van der Waals surface area contributed by atoms with E-state index in [1.807, 2.05) is 26.0 Å². The molecule has 198 valence electrons. The van der Waals surface area contributed by atoms with Gasteiger partial charge in [-0.1, -0.05) is 12.1 Å². The molecule has 1 atom stereocenters. The number of hydrogen-bond acceptors (Lipinski definition) is 10. The van der Waals surface area contributed by atoms with Crippen LogP contribution in [0.2, 0.25) is 0 Å². The number of aliphatic carboxylic acids is 1. The Hall–Kier alpha value is -4.67. The fraction of sp³-hybridized carbons (Fsp3) is 0.296. The largest absolute Gasteiger partial charge is 0.493 e. The van der Waals surface area contributed by atoms with Crippen LogP contribution in [0.5, 0.6) is 11.5 Å². The molecule has 0 radical (unpaired) electrons. The third-order valence-electron chi connectivity index (χ3n) is 6.38. The number of fused-ring (bicyclic) bond motifs is 1. The predicted molar refractivity (Wildman–Crippen MR) is 146 cm³/mol. The van der Waals surface area contributed by atoms with Crippen LogP contribution in [0.1, 0.15) is 19.4 Å². The van der Waals surface area contributed by atoms with Crippen molar-refractivity contribution >= 4 is 39.8 Å². The van der Waals surface area contributed by atoms with Crippen molar-refractivity contribution in [1.82, 2.24) is 9.97 Å². The summed E-state index contributed by atoms with van der Waals surface area (Å²) >= 11 is 0. The molecule has 0 bridgehead atoms. The van der Waals surface area contributed by atoms with Crippen LogP contribution in [-0.4, -0.2) is 54.4 Å². The lowest BCUT2D eigenvalue weighted by Crippen LogP contribution is -2.45. The van der Waals surface area contributed by atoms with Gasteiger partial charge in [0.15, 0.2) is 11.5 Å². The van der Waals surface area contributed by atoms with E-state index in [0.29, 0.717) is 35.9 Å². The molecule has 0 amide bonds. The standard InChI is InChI=1S/C27H29N5O6/c1-5-32(6-2)23-22(24(33)25(23)34)31-19(27(35)36)11-15-7-9-16(10-8-15)30-26-17-12-20(37-3)21(38-4)13-18(17)28-14-29-26/h7-10,12-14,19,31H,5-6,11H2,1-4H3,(H,35,36)(H,28,29,30)/t19-/m0/s1. The van der Waals surface area contributed by atoms with Gasteiger partial charge in [0.05, 0.1) is 19.7 Å². The number of rotatable bonds is 12. The molecule has 4 rings (SSSR count). The zero-order chi connectivity index (χ0) is 27.4. The van der Waals surface area contributed by atoms with Crippen molar-refractivity contribution < 1.29 is 19.4 Å². The molecule has 0 saturated heterocycles. The van der Waals surface area contributed by atoms with Crippen molar-refractivity contribution in [2.24, 2.45) is 0 Å². The lowest BCUT2D eigenvalue weighted by atomic mass is 10.0. The van der Waals surface area contributed by atoms with E-state index in [2.05, 4.69) is 20.6 Å². The van der Waals surface area contributed by atoms with E-state index in [1.54, 1.807) is 43.4 Å². The number of ether oxygens (including phenoxy) is 2. The fourth-order valence-electron chi connectivity index (χ4n) is 4.31. The number of methoxy groups -OCH3 is 2. The third-order valence-corrected chi connectivity index (χ3v) is 6.38. The molecule has 3 N–H and O–H groups in total. The number of hydrogen-bond donors (Lipinski definition) is 3. The molecule has 11 heteroatoms. The molecule has 0 aliphatic rings. The predicted octanol–water partition coefficient (Wildman–Crippen LogP) is 2.94. The first-order chi connectivity index (χ1) is 18.3. The van der Waals surface area contributed by atoms with Gasteiger partial charge in [0.1, 0.15) is 29.6 Å². The smallest absolute Gasteiger partial charge is 0.326 e. The lowest BCUT2D eigenvalue weighted by molar-refractivity contribution is -0.137. The van der Waals surface area contributed by atoms with Gasteiger partial charge >= 0.3 is 5.97 Å². The molecule has 38 heavy (non-hydrogen) atoms. The molecule has 4 aromatic rings. The summed E-state index contributed by atoms with van der Waals surface area (Å²) in [5.74, 6) is 0.551. The average molecular weight is 520 g/mol. The van der Waals surface area contributed by atoms with Crippen LogP contribution in [0.25, 0.3) is 10.9 Å². The second kappa shape index (κ2) is 11.2. The maximum Gasteiger partial charge on any atom is 0.326 e. The second-order valence-electron chi connectivity index (χ2n) is 8.56. The van der Waals surface area contributed by atoms with Crippen LogP contribution in [0, 0.1) is 0 Å². The summed E-state index contributed by atoms with van der Waals surface area (Å²) in [6.45, 7) is 4.80. The zero-order valence-electron chi connectivity index (χ0n) is 21.6. The van der Waals surface area contributed by atoms with Gasteiger partial charge in [-0.2, -0.15) is 0 Å². The van der Waals surface area contributed by atoms with Crippen molar-refractivity contribution in [3.05, 3.63) is 68.7 Å². The van der Waals surface area contributed by atoms with E-state index < -0.39 is 22.9 Å². The maximum absolute atomic E-state index is 12.2. The number of carboxylic acids is 1. The Balaban J connectivity index is 1.52. The topological polar surface area (TPSA) is 143 Å². The maximum atomic E-state index is 12.2. The highest BCUT2D eigenvalue weighted by Gasteiger charge is 2.29. The van der Waals surface area contributed by atoms with E-state index in [0.717, 1.165) is 16.6 Å². The van der Waals surface area contributed by atoms with Gasteiger partial charge < -0.3 is 30.1 Å². The van der Waals surface area contributed by atoms with Gasteiger partial charge in [-0.05, 0) is 37.6 Å². The molecular formula is C27H29N5O6. The first-order valence-electron chi connectivity index (χ1n) is 12.1. The Kier molecular flexibility index (Phi) is 7.75. The van der Waals surface area contributed by atoms with E-state index in [4.69, 9.17) is 9.47 Å². The number of aromatic nitrogens is 2. The van der Waals surface area contributed by atoms with E-state index >= 15 is 0 Å². The van der Waals surface area contributed by atoms with Crippen molar-refractivity contribution in [2.75, 3.05) is 42.8 Å². The second-order valence-corrected chi connectivity index (χ2v) is 8.56. The highest BCUT2D eigenvalue weighted by atomic mass is 16.5. The van der Waals surface area contributed by atoms with Gasteiger partial charge in [0, 0.05) is 36.7 Å². The summed E-state index contributed by atoms with van der Waals surface area (Å²) in [7, 11) is 3.11. The molecule has 1 heterocycles. The van der Waals surface area contributed by atoms with Crippen molar-refractivity contribution in [2.45, 2.75) is 26.3 Å². The molecule has 0 unspecified atom stereocenters. The molecule has 11 nitrogen and oxygen atoms in total. The van der Waals surface area contributed by atoms with Crippen molar-refractivity contribution in [3.8, 4) is 11.5 Å². The average Bonchev–Trinajstić information content (AvgIpc) is 2.94. The van der Waals surface area contributed by atoms with Crippen LogP contribution in [0.15, 0.2) is 52.3 Å². The highest BCUT2D eigenvalue weighted by molar-refractivity contribution is 5.93. The number of carbonyl (C=O) groups is 1. The van der Waals surface area contributed by atoms with Crippen LogP contribution < -0.4 is 35.9 Å². The van der Waals surface area contributed by atoms with Gasteiger partial charge in [0.25, 0.3) is 10.9 Å².